The summed E-state index contributed by atoms with van der Waals surface area (Å²) in [5.74, 6) is 2.32. The quantitative estimate of drug-likeness (QED) is 0.0916. The third-order valence-corrected chi connectivity index (χ3v) is 12.2. The summed E-state index contributed by atoms with van der Waals surface area (Å²) in [5, 5.41) is 5.28. The number of esters is 2. The summed E-state index contributed by atoms with van der Waals surface area (Å²) in [4.78, 5) is 68.0. The van der Waals surface area contributed by atoms with E-state index in [1.807, 2.05) is 18.2 Å². The summed E-state index contributed by atoms with van der Waals surface area (Å²) in [7, 11) is 9.15. The minimum absolute atomic E-state index is 0.255. The molecule has 7 heterocycles. The maximum atomic E-state index is 12.4. The first-order valence-electron chi connectivity index (χ1n) is 22.0. The van der Waals surface area contributed by atoms with Gasteiger partial charge >= 0.3 is 11.9 Å². The molecular weight excluding hydrogens is 821 g/mol. The highest BCUT2D eigenvalue weighted by atomic mass is 16.5. The van der Waals surface area contributed by atoms with Crippen LogP contribution in [-0.4, -0.2) is 129 Å². The number of nitrogens with one attached hydrogen (secondary N) is 3. The Morgan fingerprint density at radius 3 is 1.98 bits per heavy atom. The molecule has 16 heteroatoms. The molecule has 0 aliphatic carbocycles. The van der Waals surface area contributed by atoms with Crippen molar-refractivity contribution in [3.8, 4) is 0 Å². The highest BCUT2D eigenvalue weighted by Crippen LogP contribution is 2.34. The van der Waals surface area contributed by atoms with Gasteiger partial charge in [0, 0.05) is 64.0 Å². The maximum Gasteiger partial charge on any atom is 0.339 e. The van der Waals surface area contributed by atoms with E-state index in [1.54, 1.807) is 18.3 Å². The Hall–Kier alpha value is -7.04. The number of aromatic nitrogens is 8. The second kappa shape index (κ2) is 18.6. The molecule has 0 amide bonds. The fourth-order valence-corrected chi connectivity index (χ4v) is 9.01. The van der Waals surface area contributed by atoms with Gasteiger partial charge in [-0.1, -0.05) is 61.5 Å². The molecule has 1 fully saturated rings. The zero-order valence-electron chi connectivity index (χ0n) is 37.7. The number of ether oxygens (including phenoxy) is 2. The molecule has 1 unspecified atom stereocenters. The number of carbonyl (C=O) groups is 2. The first-order valence-corrected chi connectivity index (χ1v) is 22.0. The molecule has 334 valence electrons. The van der Waals surface area contributed by atoms with Crippen molar-refractivity contribution < 1.29 is 19.1 Å². The predicted molar refractivity (Wildman–Crippen MR) is 252 cm³/mol. The average Bonchev–Trinajstić information content (AvgIpc) is 3.87. The standard InChI is InChI=1S/C49H54N12O4/c1-29(24-52-44-40-42-36(22-33(25-50-42)48(62)64-5)53-45(40)56-38(55-44)20-30-11-8-7-9-12-30)27-60(4)28-32-14-10-13-31(19-32)21-39-57-46-41(43-37(54-46)23-34(26-51-43)49(63)65-6)47(58-39)61-17-15-35(16-18-61)59(2)3/h7-14,19,22-23,25-26,29,35H,15-18,20-21,24,27-28H2,1-6H3,(H,54,57,58)(H2,52,53,55,56). The lowest BCUT2D eigenvalue weighted by atomic mass is 10.0. The van der Waals surface area contributed by atoms with Gasteiger partial charge in [-0.2, -0.15) is 0 Å². The molecule has 65 heavy (non-hydrogen) atoms. The fraction of sp³-hybridized carbons (Fsp3) is 0.347. The Bertz CT molecular complexity index is 3010. The molecular formula is C49H54N12O4. The third-order valence-electron chi connectivity index (χ3n) is 12.2. The van der Waals surface area contributed by atoms with E-state index in [1.165, 1.54) is 26.0 Å². The molecule has 0 saturated carbocycles. The lowest BCUT2D eigenvalue weighted by molar-refractivity contribution is 0.0591. The Morgan fingerprint density at radius 1 is 0.754 bits per heavy atom. The molecule has 16 nitrogen and oxygen atoms in total. The van der Waals surface area contributed by atoms with Crippen LogP contribution in [0.2, 0.25) is 0 Å². The molecule has 0 spiro atoms. The molecule has 9 rings (SSSR count). The van der Waals surface area contributed by atoms with Crippen molar-refractivity contribution in [3.05, 3.63) is 119 Å². The van der Waals surface area contributed by atoms with Crippen LogP contribution in [-0.2, 0) is 28.9 Å². The minimum atomic E-state index is -0.452. The lowest BCUT2D eigenvalue weighted by Gasteiger charge is -2.36. The number of carbonyl (C=O) groups excluding carboxylic acids is 2. The van der Waals surface area contributed by atoms with Crippen LogP contribution in [0.5, 0.6) is 0 Å². The number of methoxy groups -OCH3 is 2. The first-order chi connectivity index (χ1) is 31.5. The molecule has 1 saturated heterocycles. The van der Waals surface area contributed by atoms with E-state index in [2.05, 4.69) is 99.4 Å². The van der Waals surface area contributed by atoms with E-state index in [4.69, 9.17) is 34.4 Å². The lowest BCUT2D eigenvalue weighted by Crippen LogP contribution is -2.42. The van der Waals surface area contributed by atoms with Crippen LogP contribution < -0.4 is 10.2 Å². The molecule has 6 aromatic heterocycles. The van der Waals surface area contributed by atoms with Gasteiger partial charge in [0.15, 0.2) is 0 Å². The van der Waals surface area contributed by atoms with Crippen LogP contribution >= 0.6 is 0 Å². The van der Waals surface area contributed by atoms with Crippen molar-refractivity contribution in [1.82, 2.24) is 49.7 Å². The van der Waals surface area contributed by atoms with Crippen LogP contribution in [0.15, 0.2) is 79.1 Å². The summed E-state index contributed by atoms with van der Waals surface area (Å²) < 4.78 is 9.91. The smallest absolute Gasteiger partial charge is 0.339 e. The largest absolute Gasteiger partial charge is 0.465 e. The number of benzene rings is 2. The number of aromatic amines is 2. The fourth-order valence-electron chi connectivity index (χ4n) is 9.01. The van der Waals surface area contributed by atoms with Gasteiger partial charge in [0.1, 0.15) is 45.6 Å². The zero-order chi connectivity index (χ0) is 45.2. The van der Waals surface area contributed by atoms with Gasteiger partial charge in [-0.3, -0.25) is 9.97 Å². The van der Waals surface area contributed by atoms with E-state index < -0.39 is 11.9 Å². The number of hydrogen-bond acceptors (Lipinski definition) is 14. The Morgan fingerprint density at radius 2 is 1.34 bits per heavy atom. The summed E-state index contributed by atoms with van der Waals surface area (Å²) >= 11 is 0. The third kappa shape index (κ3) is 9.31. The number of rotatable bonds is 15. The van der Waals surface area contributed by atoms with E-state index in [0.717, 1.165) is 77.8 Å². The normalized spacial score (nSPS) is 14.0. The van der Waals surface area contributed by atoms with Gasteiger partial charge < -0.3 is 39.5 Å². The van der Waals surface area contributed by atoms with Crippen molar-refractivity contribution in [2.24, 2.45) is 5.92 Å². The van der Waals surface area contributed by atoms with Crippen LogP contribution in [0.3, 0.4) is 0 Å². The second-order valence-electron chi connectivity index (χ2n) is 17.4. The molecule has 0 bridgehead atoms. The summed E-state index contributed by atoms with van der Waals surface area (Å²) in [6.45, 7) is 6.22. The Balaban J connectivity index is 0.909. The molecule has 3 N–H and O–H groups in total. The van der Waals surface area contributed by atoms with Crippen LogP contribution in [0.1, 0.15) is 68.8 Å². The van der Waals surface area contributed by atoms with Crippen molar-refractivity contribution in [2.45, 2.75) is 45.2 Å². The van der Waals surface area contributed by atoms with E-state index >= 15 is 0 Å². The van der Waals surface area contributed by atoms with Crippen molar-refractivity contribution >= 4 is 67.7 Å². The minimum Gasteiger partial charge on any atom is -0.465 e. The van der Waals surface area contributed by atoms with E-state index in [9.17, 15) is 9.59 Å². The highest BCUT2D eigenvalue weighted by molar-refractivity contribution is 6.11. The number of piperidine rings is 1. The number of H-pyrrole nitrogens is 2. The molecule has 1 atom stereocenters. The Kier molecular flexibility index (Phi) is 12.4. The highest BCUT2D eigenvalue weighted by Gasteiger charge is 2.26. The second-order valence-corrected chi connectivity index (χ2v) is 17.4. The molecule has 0 radical (unpaired) electrons. The van der Waals surface area contributed by atoms with Crippen molar-refractivity contribution in [1.29, 1.82) is 0 Å². The van der Waals surface area contributed by atoms with Gasteiger partial charge in [-0.25, -0.2) is 29.5 Å². The zero-order valence-corrected chi connectivity index (χ0v) is 37.7. The first kappa shape index (κ1) is 43.2. The van der Waals surface area contributed by atoms with E-state index in [-0.39, 0.29) is 5.92 Å². The van der Waals surface area contributed by atoms with E-state index in [0.29, 0.717) is 76.3 Å². The van der Waals surface area contributed by atoms with Crippen molar-refractivity contribution in [2.75, 3.05) is 71.8 Å². The van der Waals surface area contributed by atoms with Crippen LogP contribution in [0, 0.1) is 5.92 Å². The van der Waals surface area contributed by atoms with Gasteiger partial charge in [0.2, 0.25) is 0 Å². The predicted octanol–water partition coefficient (Wildman–Crippen LogP) is 6.79. The summed E-state index contributed by atoms with van der Waals surface area (Å²) in [5.41, 5.74) is 8.34. The Labute approximate surface area is 376 Å². The molecule has 8 aromatic rings. The van der Waals surface area contributed by atoms with Crippen LogP contribution in [0.4, 0.5) is 11.6 Å². The maximum absolute atomic E-state index is 12.4. The van der Waals surface area contributed by atoms with Crippen molar-refractivity contribution in [3.63, 3.8) is 0 Å². The number of hydrogen-bond donors (Lipinski definition) is 3. The summed E-state index contributed by atoms with van der Waals surface area (Å²) in [6, 6.07) is 22.8. The molecule has 1 aliphatic rings. The van der Waals surface area contributed by atoms with Gasteiger partial charge in [0.25, 0.3) is 0 Å². The van der Waals surface area contributed by atoms with Gasteiger partial charge in [-0.15, -0.1) is 0 Å². The number of pyridine rings is 2. The number of anilines is 2. The molecule has 2 aromatic carbocycles. The number of nitrogens with zero attached hydrogens (tertiary/aromatic N) is 9. The topological polar surface area (TPSA) is 183 Å². The van der Waals surface area contributed by atoms with Gasteiger partial charge in [0.05, 0.1) is 47.2 Å². The summed E-state index contributed by atoms with van der Waals surface area (Å²) in [6.07, 6.45) is 6.27. The van der Waals surface area contributed by atoms with Gasteiger partial charge in [-0.05, 0) is 68.7 Å². The average molecular weight is 875 g/mol. The molecule has 1 aliphatic heterocycles. The monoisotopic (exact) mass is 874 g/mol. The number of fused-ring (bicyclic) bond motifs is 6. The SMILES string of the molecule is COC(=O)c1cnc2c(c1)[nH]c1nc(Cc3ccccc3)nc(NCC(C)CN(C)Cc3cccc(Cc4nc(N5CCC(N(C)C)CC5)c5c(n4)[nH]c4cc(C(=O)OC)cnc45)c3)c12. The van der Waals surface area contributed by atoms with Crippen LogP contribution in [0.25, 0.3) is 44.1 Å².